The molecule has 2 aromatic heterocycles. The van der Waals surface area contributed by atoms with E-state index in [1.54, 1.807) is 30.2 Å². The summed E-state index contributed by atoms with van der Waals surface area (Å²) in [5, 5.41) is 4.17. The molecule has 0 spiro atoms. The molecule has 0 fully saturated rings. The molecule has 0 saturated carbocycles. The van der Waals surface area contributed by atoms with E-state index in [4.69, 9.17) is 10.5 Å². The van der Waals surface area contributed by atoms with Gasteiger partial charge < -0.3 is 10.5 Å². The molecular weight excluding hydrogens is 192 g/mol. The Hall–Kier alpha value is -2.04. The first kappa shape index (κ1) is 9.51. The van der Waals surface area contributed by atoms with Gasteiger partial charge in [-0.1, -0.05) is 0 Å². The Morgan fingerprint density at radius 3 is 3.00 bits per heavy atom. The fraction of sp³-hybridized carbons (Fsp3) is 0.200. The van der Waals surface area contributed by atoms with E-state index in [9.17, 15) is 0 Å². The number of nitrogen functional groups attached to an aromatic ring is 1. The van der Waals surface area contributed by atoms with E-state index >= 15 is 0 Å². The number of rotatable bonds is 3. The molecule has 0 bridgehead atoms. The maximum Gasteiger partial charge on any atom is 0.138 e. The summed E-state index contributed by atoms with van der Waals surface area (Å²) in [6.07, 6.45) is 3.36. The lowest BCUT2D eigenvalue weighted by molar-refractivity contribution is 0.299. The van der Waals surface area contributed by atoms with Crippen LogP contribution in [0.2, 0.25) is 0 Å². The number of nitrogens with zero attached hydrogens (tertiary/aromatic N) is 3. The van der Waals surface area contributed by atoms with Gasteiger partial charge >= 0.3 is 0 Å². The van der Waals surface area contributed by atoms with Gasteiger partial charge in [0.15, 0.2) is 0 Å². The molecule has 2 N–H and O–H groups in total. The summed E-state index contributed by atoms with van der Waals surface area (Å²) in [4.78, 5) is 3.94. The fourth-order valence-electron chi connectivity index (χ4n) is 1.20. The maximum atomic E-state index is 5.64. The summed E-state index contributed by atoms with van der Waals surface area (Å²) in [6, 6.07) is 5.46. The molecule has 0 aliphatic heterocycles. The zero-order chi connectivity index (χ0) is 10.7. The number of anilines is 1. The van der Waals surface area contributed by atoms with E-state index in [0.717, 1.165) is 11.4 Å². The Kier molecular flexibility index (Phi) is 2.53. The molecule has 0 amide bonds. The number of aromatic nitrogens is 3. The second kappa shape index (κ2) is 4.00. The van der Waals surface area contributed by atoms with Crippen molar-refractivity contribution >= 4 is 5.82 Å². The van der Waals surface area contributed by atoms with Crippen molar-refractivity contribution in [3.05, 3.63) is 36.3 Å². The Bertz CT molecular complexity index is 418. The number of nitrogens with two attached hydrogens (primary N) is 1. The van der Waals surface area contributed by atoms with Gasteiger partial charge in [-0.25, -0.2) is 0 Å². The van der Waals surface area contributed by atoms with Gasteiger partial charge in [0, 0.05) is 19.3 Å². The van der Waals surface area contributed by atoms with Gasteiger partial charge in [-0.15, -0.1) is 0 Å². The van der Waals surface area contributed by atoms with Crippen LogP contribution in [0.4, 0.5) is 5.82 Å². The summed E-state index contributed by atoms with van der Waals surface area (Å²) in [7, 11) is 1.79. The SMILES string of the molecule is Cn1nc(COc2cccnc2)cc1N. The van der Waals surface area contributed by atoms with Gasteiger partial charge in [-0.2, -0.15) is 5.10 Å². The van der Waals surface area contributed by atoms with Crippen LogP contribution in [-0.2, 0) is 13.7 Å². The predicted molar refractivity (Wildman–Crippen MR) is 56.2 cm³/mol. The molecule has 2 aromatic rings. The average Bonchev–Trinajstić information content (AvgIpc) is 2.57. The van der Waals surface area contributed by atoms with Crippen LogP contribution < -0.4 is 10.5 Å². The van der Waals surface area contributed by atoms with Crippen LogP contribution in [-0.4, -0.2) is 14.8 Å². The summed E-state index contributed by atoms with van der Waals surface area (Å²) < 4.78 is 7.08. The van der Waals surface area contributed by atoms with E-state index in [1.807, 2.05) is 12.1 Å². The number of aryl methyl sites for hydroxylation is 1. The summed E-state index contributed by atoms with van der Waals surface area (Å²) in [5.41, 5.74) is 6.45. The normalized spacial score (nSPS) is 10.2. The van der Waals surface area contributed by atoms with E-state index in [2.05, 4.69) is 10.1 Å². The minimum atomic E-state index is 0.400. The lowest BCUT2D eigenvalue weighted by Gasteiger charge is -2.01. The summed E-state index contributed by atoms with van der Waals surface area (Å²) in [5.74, 6) is 1.35. The lowest BCUT2D eigenvalue weighted by Crippen LogP contribution is -1.99. The molecule has 0 aliphatic carbocycles. The third-order valence-electron chi connectivity index (χ3n) is 1.99. The zero-order valence-corrected chi connectivity index (χ0v) is 8.42. The highest BCUT2D eigenvalue weighted by atomic mass is 16.5. The van der Waals surface area contributed by atoms with Gasteiger partial charge in [0.25, 0.3) is 0 Å². The van der Waals surface area contributed by atoms with Gasteiger partial charge in [-0.3, -0.25) is 9.67 Å². The third kappa shape index (κ3) is 2.25. The van der Waals surface area contributed by atoms with Gasteiger partial charge in [0.1, 0.15) is 23.9 Å². The van der Waals surface area contributed by atoms with Crippen LogP contribution in [0.5, 0.6) is 5.75 Å². The molecule has 78 valence electrons. The van der Waals surface area contributed by atoms with Crippen LogP contribution in [0, 0.1) is 0 Å². The highest BCUT2D eigenvalue weighted by Gasteiger charge is 2.02. The standard InChI is InChI=1S/C10H12N4O/c1-14-10(11)5-8(13-14)7-15-9-3-2-4-12-6-9/h2-6H,7,11H2,1H3. The number of ether oxygens (including phenoxy) is 1. The maximum absolute atomic E-state index is 5.64. The van der Waals surface area contributed by atoms with Crippen molar-refractivity contribution in [3.63, 3.8) is 0 Å². The average molecular weight is 204 g/mol. The van der Waals surface area contributed by atoms with Crippen molar-refractivity contribution in [2.75, 3.05) is 5.73 Å². The highest BCUT2D eigenvalue weighted by Crippen LogP contribution is 2.10. The monoisotopic (exact) mass is 204 g/mol. The van der Waals surface area contributed by atoms with E-state index in [1.165, 1.54) is 0 Å². The van der Waals surface area contributed by atoms with E-state index < -0.39 is 0 Å². The topological polar surface area (TPSA) is 66.0 Å². The lowest BCUT2D eigenvalue weighted by atomic mass is 10.4. The van der Waals surface area contributed by atoms with Crippen LogP contribution in [0.15, 0.2) is 30.6 Å². The molecule has 2 heterocycles. The number of pyridine rings is 1. The van der Waals surface area contributed by atoms with Crippen LogP contribution in [0.3, 0.4) is 0 Å². The molecule has 5 heteroatoms. The molecular formula is C10H12N4O. The van der Waals surface area contributed by atoms with Crippen molar-refractivity contribution in [3.8, 4) is 5.75 Å². The van der Waals surface area contributed by atoms with E-state index in [0.29, 0.717) is 12.4 Å². The molecule has 0 aromatic carbocycles. The quantitative estimate of drug-likeness (QED) is 0.809. The van der Waals surface area contributed by atoms with Crippen molar-refractivity contribution in [1.29, 1.82) is 0 Å². The van der Waals surface area contributed by atoms with Crippen molar-refractivity contribution in [2.24, 2.45) is 7.05 Å². The van der Waals surface area contributed by atoms with E-state index in [-0.39, 0.29) is 0 Å². The highest BCUT2D eigenvalue weighted by molar-refractivity contribution is 5.30. The first-order chi connectivity index (χ1) is 7.25. The number of hydrogen-bond acceptors (Lipinski definition) is 4. The second-order valence-electron chi connectivity index (χ2n) is 3.16. The zero-order valence-electron chi connectivity index (χ0n) is 8.42. The van der Waals surface area contributed by atoms with Gasteiger partial charge in [-0.05, 0) is 12.1 Å². The Labute approximate surface area is 87.5 Å². The van der Waals surface area contributed by atoms with Gasteiger partial charge in [0.05, 0.1) is 6.20 Å². The van der Waals surface area contributed by atoms with Crippen molar-refractivity contribution in [2.45, 2.75) is 6.61 Å². The minimum Gasteiger partial charge on any atom is -0.486 e. The molecule has 0 atom stereocenters. The Morgan fingerprint density at radius 2 is 2.40 bits per heavy atom. The smallest absolute Gasteiger partial charge is 0.138 e. The fourth-order valence-corrected chi connectivity index (χ4v) is 1.20. The van der Waals surface area contributed by atoms with Crippen molar-refractivity contribution < 1.29 is 4.74 Å². The predicted octanol–water partition coefficient (Wildman–Crippen LogP) is 0.976. The molecule has 0 saturated heterocycles. The van der Waals surface area contributed by atoms with Crippen LogP contribution >= 0.6 is 0 Å². The Morgan fingerprint density at radius 1 is 1.53 bits per heavy atom. The summed E-state index contributed by atoms with van der Waals surface area (Å²) >= 11 is 0. The molecule has 0 unspecified atom stereocenters. The second-order valence-corrected chi connectivity index (χ2v) is 3.16. The first-order valence-corrected chi connectivity index (χ1v) is 4.57. The Balaban J connectivity index is 1.99. The van der Waals surface area contributed by atoms with Crippen LogP contribution in [0.1, 0.15) is 5.69 Å². The van der Waals surface area contributed by atoms with Crippen LogP contribution in [0.25, 0.3) is 0 Å². The number of hydrogen-bond donors (Lipinski definition) is 1. The molecule has 0 aliphatic rings. The van der Waals surface area contributed by atoms with Crippen molar-refractivity contribution in [1.82, 2.24) is 14.8 Å². The largest absolute Gasteiger partial charge is 0.486 e. The first-order valence-electron chi connectivity index (χ1n) is 4.57. The molecule has 15 heavy (non-hydrogen) atoms. The minimum absolute atomic E-state index is 0.400. The van der Waals surface area contributed by atoms with Gasteiger partial charge in [0.2, 0.25) is 0 Å². The summed E-state index contributed by atoms with van der Waals surface area (Å²) in [6.45, 7) is 0.400. The molecule has 0 radical (unpaired) electrons. The third-order valence-corrected chi connectivity index (χ3v) is 1.99. The molecule has 5 nitrogen and oxygen atoms in total. The molecule has 2 rings (SSSR count).